The first-order chi connectivity index (χ1) is 9.49. The van der Waals surface area contributed by atoms with Gasteiger partial charge < -0.3 is 10.5 Å². The van der Waals surface area contributed by atoms with Crippen LogP contribution in [0.25, 0.3) is 0 Å². The van der Waals surface area contributed by atoms with Gasteiger partial charge in [0.15, 0.2) is 0 Å². The monoisotopic (exact) mass is 305 g/mol. The summed E-state index contributed by atoms with van der Waals surface area (Å²) in [7, 11) is -3.69. The van der Waals surface area contributed by atoms with Crippen LogP contribution >= 0.6 is 0 Å². The van der Waals surface area contributed by atoms with Crippen LogP contribution in [0, 0.1) is 5.92 Å². The number of hydrogen-bond acceptors (Lipinski definition) is 5. The van der Waals surface area contributed by atoms with Gasteiger partial charge in [-0.15, -0.1) is 0 Å². The maximum atomic E-state index is 12.4. The van der Waals surface area contributed by atoms with E-state index in [1.807, 2.05) is 0 Å². The van der Waals surface area contributed by atoms with Gasteiger partial charge in [-0.2, -0.15) is 17.4 Å². The summed E-state index contributed by atoms with van der Waals surface area (Å²) in [5.41, 5.74) is 5.62. The summed E-state index contributed by atoms with van der Waals surface area (Å²) in [4.78, 5) is 11.8. The Morgan fingerprint density at radius 1 is 1.45 bits per heavy atom. The summed E-state index contributed by atoms with van der Waals surface area (Å²) in [6.07, 6.45) is 3.19. The van der Waals surface area contributed by atoms with Gasteiger partial charge in [0.1, 0.15) is 6.04 Å². The highest BCUT2D eigenvalue weighted by molar-refractivity contribution is 7.87. The van der Waals surface area contributed by atoms with Gasteiger partial charge in [-0.3, -0.25) is 4.79 Å². The third-order valence-electron chi connectivity index (χ3n) is 3.82. The molecule has 0 radical (unpaired) electrons. The molecule has 1 saturated heterocycles. The third kappa shape index (κ3) is 3.49. The fourth-order valence-electron chi connectivity index (χ4n) is 2.60. The number of nitrogens with zero attached hydrogens (tertiary/aromatic N) is 1. The number of nitrogens with two attached hydrogens (primary N) is 1. The molecule has 1 aliphatic carbocycles. The molecule has 0 aromatic heterocycles. The quantitative estimate of drug-likeness (QED) is 0.622. The molecule has 8 heteroatoms. The van der Waals surface area contributed by atoms with Gasteiger partial charge in [0, 0.05) is 19.1 Å². The molecule has 116 valence electrons. The summed E-state index contributed by atoms with van der Waals surface area (Å²) in [5.74, 6) is -0.135. The van der Waals surface area contributed by atoms with Gasteiger partial charge in [0.05, 0.1) is 6.61 Å². The maximum Gasteiger partial charge on any atom is 0.324 e. The highest BCUT2D eigenvalue weighted by Crippen LogP contribution is 2.33. The van der Waals surface area contributed by atoms with Crippen LogP contribution in [0.1, 0.15) is 32.6 Å². The minimum absolute atomic E-state index is 0.233. The zero-order chi connectivity index (χ0) is 14.8. The number of carbonyl (C=O) groups is 1. The van der Waals surface area contributed by atoms with E-state index in [2.05, 4.69) is 4.72 Å². The van der Waals surface area contributed by atoms with Crippen LogP contribution in [0.15, 0.2) is 0 Å². The maximum absolute atomic E-state index is 12.4. The summed E-state index contributed by atoms with van der Waals surface area (Å²) in [5, 5.41) is 0. The SMILES string of the molecule is CCOC(=O)C1CCCN1S(=O)(=O)NC(CN)C1CC1. The van der Waals surface area contributed by atoms with Crippen molar-refractivity contribution in [3.05, 3.63) is 0 Å². The van der Waals surface area contributed by atoms with Crippen molar-refractivity contribution in [3.8, 4) is 0 Å². The first-order valence-corrected chi connectivity index (χ1v) is 8.59. The molecule has 2 fully saturated rings. The molecular weight excluding hydrogens is 282 g/mol. The number of ether oxygens (including phenoxy) is 1. The van der Waals surface area contributed by atoms with Gasteiger partial charge in [-0.25, -0.2) is 0 Å². The van der Waals surface area contributed by atoms with Crippen LogP contribution in [0.4, 0.5) is 0 Å². The van der Waals surface area contributed by atoms with Crippen LogP contribution in [-0.4, -0.2) is 50.5 Å². The fraction of sp³-hybridized carbons (Fsp3) is 0.917. The fourth-order valence-corrected chi connectivity index (χ4v) is 4.30. The molecular formula is C12H23N3O4S. The van der Waals surface area contributed by atoms with Crippen molar-refractivity contribution in [3.63, 3.8) is 0 Å². The lowest BCUT2D eigenvalue weighted by Gasteiger charge is -2.25. The minimum Gasteiger partial charge on any atom is -0.465 e. The summed E-state index contributed by atoms with van der Waals surface area (Å²) in [6, 6.07) is -0.937. The van der Waals surface area contributed by atoms with Gasteiger partial charge in [-0.1, -0.05) is 0 Å². The molecule has 2 atom stereocenters. The Hall–Kier alpha value is -0.700. The normalized spacial score (nSPS) is 25.6. The summed E-state index contributed by atoms with van der Waals surface area (Å²) in [6.45, 7) is 2.59. The predicted octanol–water partition coefficient (Wildman–Crippen LogP) is -0.414. The van der Waals surface area contributed by atoms with Crippen molar-refractivity contribution < 1.29 is 17.9 Å². The van der Waals surface area contributed by atoms with E-state index in [4.69, 9.17) is 10.5 Å². The zero-order valence-electron chi connectivity index (χ0n) is 11.7. The van der Waals surface area contributed by atoms with Crippen molar-refractivity contribution in [1.29, 1.82) is 0 Å². The minimum atomic E-state index is -3.69. The van der Waals surface area contributed by atoms with E-state index < -0.39 is 22.2 Å². The number of nitrogens with one attached hydrogen (secondary N) is 1. The van der Waals surface area contributed by atoms with Crippen LogP contribution in [0.5, 0.6) is 0 Å². The second-order valence-corrected chi connectivity index (χ2v) is 6.98. The molecule has 7 nitrogen and oxygen atoms in total. The Bertz CT molecular complexity index is 450. The molecule has 2 rings (SSSR count). The van der Waals surface area contributed by atoms with Crippen LogP contribution in [0.2, 0.25) is 0 Å². The Kier molecular flexibility index (Phi) is 5.00. The number of rotatable bonds is 7. The van der Waals surface area contributed by atoms with Crippen LogP contribution < -0.4 is 10.5 Å². The Balaban J connectivity index is 2.05. The second kappa shape index (κ2) is 6.38. The van der Waals surface area contributed by atoms with Crippen molar-refractivity contribution in [2.75, 3.05) is 19.7 Å². The molecule has 1 saturated carbocycles. The Labute approximate surface area is 120 Å². The highest BCUT2D eigenvalue weighted by atomic mass is 32.2. The molecule has 2 unspecified atom stereocenters. The molecule has 1 aliphatic heterocycles. The lowest BCUT2D eigenvalue weighted by Crippen LogP contribution is -2.52. The smallest absolute Gasteiger partial charge is 0.324 e. The van der Waals surface area contributed by atoms with E-state index >= 15 is 0 Å². The standard InChI is InChI=1S/C12H23N3O4S/c1-2-19-12(16)11-4-3-7-15(11)20(17,18)14-10(8-13)9-5-6-9/h9-11,14H,2-8,13H2,1H3. The Morgan fingerprint density at radius 2 is 2.15 bits per heavy atom. The Morgan fingerprint density at radius 3 is 2.70 bits per heavy atom. The van der Waals surface area contributed by atoms with Crippen molar-refractivity contribution in [1.82, 2.24) is 9.03 Å². The zero-order valence-corrected chi connectivity index (χ0v) is 12.6. The van der Waals surface area contributed by atoms with Gasteiger partial charge in [-0.05, 0) is 38.5 Å². The van der Waals surface area contributed by atoms with Crippen molar-refractivity contribution in [2.45, 2.75) is 44.7 Å². The van der Waals surface area contributed by atoms with Gasteiger partial charge in [0.25, 0.3) is 10.2 Å². The molecule has 0 bridgehead atoms. The molecule has 2 aliphatic rings. The summed E-state index contributed by atoms with van der Waals surface area (Å²) < 4.78 is 33.6. The van der Waals surface area contributed by atoms with Crippen LogP contribution in [-0.2, 0) is 19.7 Å². The lowest BCUT2D eigenvalue weighted by molar-refractivity contribution is -0.146. The molecule has 0 aromatic rings. The molecule has 0 amide bonds. The molecule has 1 heterocycles. The number of hydrogen-bond donors (Lipinski definition) is 2. The third-order valence-corrected chi connectivity index (χ3v) is 5.47. The highest BCUT2D eigenvalue weighted by Gasteiger charge is 2.42. The first kappa shape index (κ1) is 15.7. The number of carbonyl (C=O) groups excluding carboxylic acids is 1. The molecule has 0 spiro atoms. The van der Waals surface area contributed by atoms with E-state index in [0.29, 0.717) is 25.3 Å². The first-order valence-electron chi connectivity index (χ1n) is 7.15. The van der Waals surface area contributed by atoms with E-state index in [1.165, 1.54) is 4.31 Å². The molecule has 0 aromatic carbocycles. The predicted molar refractivity (Wildman–Crippen MR) is 74.0 cm³/mol. The van der Waals surface area contributed by atoms with Crippen LogP contribution in [0.3, 0.4) is 0 Å². The van der Waals surface area contributed by atoms with E-state index in [9.17, 15) is 13.2 Å². The largest absolute Gasteiger partial charge is 0.465 e. The summed E-state index contributed by atoms with van der Waals surface area (Å²) >= 11 is 0. The molecule has 20 heavy (non-hydrogen) atoms. The topological polar surface area (TPSA) is 102 Å². The molecule has 3 N–H and O–H groups in total. The van der Waals surface area contributed by atoms with Crippen molar-refractivity contribution in [2.24, 2.45) is 11.7 Å². The van der Waals surface area contributed by atoms with Gasteiger partial charge >= 0.3 is 5.97 Å². The van der Waals surface area contributed by atoms with E-state index in [1.54, 1.807) is 6.92 Å². The lowest BCUT2D eigenvalue weighted by atomic mass is 10.2. The average molecular weight is 305 g/mol. The van der Waals surface area contributed by atoms with Crippen molar-refractivity contribution >= 4 is 16.2 Å². The number of esters is 1. The van der Waals surface area contributed by atoms with Gasteiger partial charge in [0.2, 0.25) is 0 Å². The second-order valence-electron chi connectivity index (χ2n) is 5.32. The average Bonchev–Trinajstić information content (AvgIpc) is 3.11. The van der Waals surface area contributed by atoms with E-state index in [0.717, 1.165) is 12.8 Å². The van der Waals surface area contributed by atoms with E-state index in [-0.39, 0.29) is 19.2 Å².